The molecule has 1 aliphatic heterocycles. The minimum absolute atomic E-state index is 0.275. The molecule has 112 valence electrons. The highest BCUT2D eigenvalue weighted by molar-refractivity contribution is 5.72. The van der Waals surface area contributed by atoms with Crippen LogP contribution in [-0.2, 0) is 19.1 Å². The maximum Gasteiger partial charge on any atom is 0.416 e. The molecule has 0 bridgehead atoms. The highest BCUT2D eigenvalue weighted by Gasteiger charge is 2.32. The van der Waals surface area contributed by atoms with E-state index in [2.05, 4.69) is 17.1 Å². The van der Waals surface area contributed by atoms with Gasteiger partial charge in [-0.05, 0) is 30.5 Å². The van der Waals surface area contributed by atoms with Crippen LogP contribution in [0.2, 0.25) is 0 Å². The molecule has 3 rings (SSSR count). The summed E-state index contributed by atoms with van der Waals surface area (Å²) in [6, 6.07) is 3.30. The van der Waals surface area contributed by atoms with Gasteiger partial charge in [-0.2, -0.15) is 13.2 Å². The number of fused-ring (bicyclic) bond motifs is 1. The van der Waals surface area contributed by atoms with Crippen LogP contribution < -0.4 is 5.73 Å². The number of hydrogen-bond donors (Lipinski definition) is 1. The summed E-state index contributed by atoms with van der Waals surface area (Å²) in [6.45, 7) is 2.82. The second-order valence-corrected chi connectivity index (χ2v) is 5.49. The molecule has 1 atom stereocenters. The Kier molecular flexibility index (Phi) is 3.15. The number of anilines is 1. The zero-order chi connectivity index (χ0) is 15.2. The van der Waals surface area contributed by atoms with Gasteiger partial charge in [0.1, 0.15) is 5.82 Å². The van der Waals surface area contributed by atoms with Gasteiger partial charge in [-0.1, -0.05) is 6.92 Å². The van der Waals surface area contributed by atoms with Crippen molar-refractivity contribution in [2.75, 3.05) is 5.73 Å². The average Bonchev–Trinajstić information content (AvgIpc) is 2.80. The van der Waals surface area contributed by atoms with Crippen molar-refractivity contribution < 1.29 is 13.2 Å². The van der Waals surface area contributed by atoms with Gasteiger partial charge in [0, 0.05) is 24.2 Å². The van der Waals surface area contributed by atoms with Crippen LogP contribution in [0.5, 0.6) is 0 Å². The Morgan fingerprint density at radius 1 is 1.29 bits per heavy atom. The van der Waals surface area contributed by atoms with Gasteiger partial charge >= 0.3 is 6.18 Å². The summed E-state index contributed by atoms with van der Waals surface area (Å²) in [5.41, 5.74) is 5.67. The molecule has 0 fully saturated rings. The summed E-state index contributed by atoms with van der Waals surface area (Å²) < 4.78 is 40.4. The summed E-state index contributed by atoms with van der Waals surface area (Å²) in [5.74, 6) is 1.73. The van der Waals surface area contributed by atoms with Gasteiger partial charge in [-0.3, -0.25) is 0 Å². The van der Waals surface area contributed by atoms with Crippen LogP contribution >= 0.6 is 0 Å². The van der Waals surface area contributed by atoms with E-state index in [1.54, 1.807) is 0 Å². The number of alkyl halides is 3. The lowest BCUT2D eigenvalue weighted by Gasteiger charge is -2.20. The van der Waals surface area contributed by atoms with E-state index in [9.17, 15) is 13.2 Å². The Morgan fingerprint density at radius 3 is 2.76 bits per heavy atom. The Morgan fingerprint density at radius 2 is 2.05 bits per heavy atom. The fourth-order valence-electron chi connectivity index (χ4n) is 2.61. The summed E-state index contributed by atoms with van der Waals surface area (Å²) in [5, 5.41) is 8.14. The van der Waals surface area contributed by atoms with Crippen LogP contribution in [0.15, 0.2) is 18.2 Å². The third-order valence-corrected chi connectivity index (χ3v) is 3.83. The van der Waals surface area contributed by atoms with Crippen molar-refractivity contribution in [3.05, 3.63) is 29.6 Å². The smallest absolute Gasteiger partial charge is 0.398 e. The number of rotatable bonds is 1. The van der Waals surface area contributed by atoms with Crippen LogP contribution in [0.3, 0.4) is 0 Å². The molecule has 0 saturated heterocycles. The van der Waals surface area contributed by atoms with Crippen molar-refractivity contribution in [1.29, 1.82) is 0 Å². The van der Waals surface area contributed by atoms with Gasteiger partial charge < -0.3 is 10.3 Å². The Balaban J connectivity index is 2.09. The van der Waals surface area contributed by atoms with Gasteiger partial charge in [0.2, 0.25) is 0 Å². The normalized spacial score (nSPS) is 18.6. The predicted octanol–water partition coefficient (Wildman–Crippen LogP) is 3.13. The SMILES string of the molecule is CC1CCn2c(nnc2-c2cc(C(F)(F)F)ccc2N)C1. The van der Waals surface area contributed by atoms with Gasteiger partial charge in [0.15, 0.2) is 5.82 Å². The standard InChI is InChI=1S/C14H15F3N4/c1-8-4-5-21-12(6-8)19-20-13(21)10-7-9(14(15,16)17)2-3-11(10)18/h2-3,7-8H,4-6,18H2,1H3. The molecule has 0 spiro atoms. The van der Waals surface area contributed by atoms with Crippen LogP contribution in [-0.4, -0.2) is 14.8 Å². The zero-order valence-electron chi connectivity index (χ0n) is 11.5. The molecule has 0 amide bonds. The highest BCUT2D eigenvalue weighted by Crippen LogP contribution is 2.35. The van der Waals surface area contributed by atoms with E-state index in [4.69, 9.17) is 5.73 Å². The minimum Gasteiger partial charge on any atom is -0.398 e. The summed E-state index contributed by atoms with van der Waals surface area (Å²) >= 11 is 0. The number of hydrogen-bond acceptors (Lipinski definition) is 3. The van der Waals surface area contributed by atoms with Crippen LogP contribution in [0.25, 0.3) is 11.4 Å². The number of nitrogens with two attached hydrogens (primary N) is 1. The van der Waals surface area contributed by atoms with E-state index < -0.39 is 11.7 Å². The van der Waals surface area contributed by atoms with E-state index in [0.29, 0.717) is 18.3 Å². The van der Waals surface area contributed by atoms with E-state index in [-0.39, 0.29) is 11.3 Å². The zero-order valence-corrected chi connectivity index (χ0v) is 11.5. The molecule has 2 heterocycles. The number of benzene rings is 1. The largest absolute Gasteiger partial charge is 0.416 e. The maximum absolute atomic E-state index is 12.8. The van der Waals surface area contributed by atoms with Gasteiger partial charge in [-0.15, -0.1) is 10.2 Å². The molecule has 1 unspecified atom stereocenters. The first kappa shape index (κ1) is 13.9. The van der Waals surface area contributed by atoms with Crippen molar-refractivity contribution in [2.45, 2.75) is 32.5 Å². The Hall–Kier alpha value is -2.05. The monoisotopic (exact) mass is 296 g/mol. The van der Waals surface area contributed by atoms with E-state index in [1.165, 1.54) is 6.07 Å². The van der Waals surface area contributed by atoms with Crippen LogP contribution in [0.4, 0.5) is 18.9 Å². The van der Waals surface area contributed by atoms with E-state index in [1.807, 2.05) is 4.57 Å². The lowest BCUT2D eigenvalue weighted by molar-refractivity contribution is -0.137. The van der Waals surface area contributed by atoms with Crippen molar-refractivity contribution in [3.63, 3.8) is 0 Å². The first-order valence-electron chi connectivity index (χ1n) is 6.75. The first-order valence-corrected chi connectivity index (χ1v) is 6.75. The summed E-state index contributed by atoms with van der Waals surface area (Å²) in [7, 11) is 0. The number of nitrogen functional groups attached to an aromatic ring is 1. The maximum atomic E-state index is 12.8. The third-order valence-electron chi connectivity index (χ3n) is 3.83. The second kappa shape index (κ2) is 4.75. The predicted molar refractivity (Wildman–Crippen MR) is 72.4 cm³/mol. The van der Waals surface area contributed by atoms with Crippen molar-refractivity contribution in [3.8, 4) is 11.4 Å². The van der Waals surface area contributed by atoms with Crippen molar-refractivity contribution >= 4 is 5.69 Å². The molecule has 0 radical (unpaired) electrons. The van der Waals surface area contributed by atoms with E-state index in [0.717, 1.165) is 30.8 Å². The number of halogens is 3. The topological polar surface area (TPSA) is 56.7 Å². The van der Waals surface area contributed by atoms with E-state index >= 15 is 0 Å². The second-order valence-electron chi connectivity index (χ2n) is 5.49. The average molecular weight is 296 g/mol. The molecule has 0 aliphatic carbocycles. The molecule has 1 aliphatic rings. The molecule has 21 heavy (non-hydrogen) atoms. The molecular weight excluding hydrogens is 281 g/mol. The molecule has 1 aromatic heterocycles. The molecular formula is C14H15F3N4. The molecule has 2 aromatic rings. The van der Waals surface area contributed by atoms with Crippen molar-refractivity contribution in [1.82, 2.24) is 14.8 Å². The molecule has 4 nitrogen and oxygen atoms in total. The van der Waals surface area contributed by atoms with Crippen molar-refractivity contribution in [2.24, 2.45) is 5.92 Å². The lowest BCUT2D eigenvalue weighted by atomic mass is 10.00. The Labute approximate surface area is 119 Å². The molecule has 2 N–H and O–H groups in total. The molecule has 7 heteroatoms. The summed E-state index contributed by atoms with van der Waals surface area (Å²) in [6.07, 6.45) is -2.66. The van der Waals surface area contributed by atoms with Gasteiger partial charge in [-0.25, -0.2) is 0 Å². The van der Waals surface area contributed by atoms with Crippen LogP contribution in [0.1, 0.15) is 24.7 Å². The fourth-order valence-corrected chi connectivity index (χ4v) is 2.61. The van der Waals surface area contributed by atoms with Crippen LogP contribution in [0, 0.1) is 5.92 Å². The minimum atomic E-state index is -4.40. The molecule has 1 aromatic carbocycles. The lowest BCUT2D eigenvalue weighted by Crippen LogP contribution is -2.18. The number of aromatic nitrogens is 3. The van der Waals surface area contributed by atoms with Gasteiger partial charge in [0.05, 0.1) is 5.56 Å². The first-order chi connectivity index (χ1) is 9.86. The number of nitrogens with zero attached hydrogens (tertiary/aromatic N) is 3. The summed E-state index contributed by atoms with van der Waals surface area (Å²) in [4.78, 5) is 0. The highest BCUT2D eigenvalue weighted by atomic mass is 19.4. The third kappa shape index (κ3) is 2.48. The Bertz CT molecular complexity index is 675. The van der Waals surface area contributed by atoms with Gasteiger partial charge in [0.25, 0.3) is 0 Å². The fraction of sp³-hybridized carbons (Fsp3) is 0.429. The molecule has 0 saturated carbocycles. The quantitative estimate of drug-likeness (QED) is 0.823.